The summed E-state index contributed by atoms with van der Waals surface area (Å²) >= 11 is 3.24. The zero-order valence-electron chi connectivity index (χ0n) is 11.7. The third kappa shape index (κ3) is 3.84. The van der Waals surface area contributed by atoms with E-state index in [0.717, 1.165) is 0 Å². The average Bonchev–Trinajstić information content (AvgIpc) is 2.36. The third-order valence-corrected chi connectivity index (χ3v) is 4.18. The zero-order chi connectivity index (χ0) is 15.7. The van der Waals surface area contributed by atoms with Crippen LogP contribution in [0.5, 0.6) is 5.75 Å². The molecule has 120 valence electrons. The quantitative estimate of drug-likeness (QED) is 0.776. The second-order valence-corrected chi connectivity index (χ2v) is 5.18. The molecule has 1 aromatic rings. The molecular formula is C13H17BrClF2NO3. The third-order valence-electron chi connectivity index (χ3n) is 2.96. The normalized spacial score (nSPS) is 12.5. The van der Waals surface area contributed by atoms with Gasteiger partial charge >= 0.3 is 11.9 Å². The van der Waals surface area contributed by atoms with E-state index >= 15 is 0 Å². The molecule has 0 fully saturated rings. The Labute approximate surface area is 136 Å². The second kappa shape index (κ2) is 7.38. The van der Waals surface area contributed by atoms with Crippen LogP contribution in [0.2, 0.25) is 0 Å². The summed E-state index contributed by atoms with van der Waals surface area (Å²) < 4.78 is 32.8. The molecule has 21 heavy (non-hydrogen) atoms. The molecule has 0 aliphatic carbocycles. The van der Waals surface area contributed by atoms with Gasteiger partial charge in [-0.05, 0) is 38.0 Å². The number of hydrogen-bond donors (Lipinski definition) is 2. The van der Waals surface area contributed by atoms with Crippen molar-refractivity contribution in [2.45, 2.75) is 32.7 Å². The fourth-order valence-electron chi connectivity index (χ4n) is 1.88. The van der Waals surface area contributed by atoms with E-state index < -0.39 is 17.9 Å². The second-order valence-electron chi connectivity index (χ2n) is 4.39. The molecule has 3 N–H and O–H groups in total. The van der Waals surface area contributed by atoms with Crippen molar-refractivity contribution in [3.05, 3.63) is 27.2 Å². The summed E-state index contributed by atoms with van der Waals surface area (Å²) in [5, 5.41) is 9.86. The number of hydrogen-bond acceptors (Lipinski definition) is 4. The highest BCUT2D eigenvalue weighted by molar-refractivity contribution is 9.10. The average molecular weight is 389 g/mol. The standard InChI is InChI=1S/C13H16BrF2NO3.ClH/c1-4-20-12(19)13(15,16)11(17)9-7(3)10(14)6(2)5-8(9)18;/h5,11,18H,4,17H2,1-3H3;1H/t11-;/m0./s1. The Balaban J connectivity index is 0.00000400. The van der Waals surface area contributed by atoms with Crippen LogP contribution in [0.3, 0.4) is 0 Å². The number of carbonyl (C=O) groups is 1. The van der Waals surface area contributed by atoms with Crippen LogP contribution in [-0.2, 0) is 9.53 Å². The first-order valence-electron chi connectivity index (χ1n) is 5.93. The highest BCUT2D eigenvalue weighted by Gasteiger charge is 2.49. The summed E-state index contributed by atoms with van der Waals surface area (Å²) in [6.45, 7) is 4.48. The number of alkyl halides is 2. The fraction of sp³-hybridized carbons (Fsp3) is 0.462. The Morgan fingerprint density at radius 3 is 2.52 bits per heavy atom. The van der Waals surface area contributed by atoms with Gasteiger partial charge in [0.25, 0.3) is 0 Å². The lowest BCUT2D eigenvalue weighted by atomic mass is 9.94. The predicted octanol–water partition coefficient (Wildman–Crippen LogP) is 3.39. The summed E-state index contributed by atoms with van der Waals surface area (Å²) in [7, 11) is 0. The van der Waals surface area contributed by atoms with Gasteiger partial charge in [-0.1, -0.05) is 15.9 Å². The molecule has 8 heteroatoms. The number of ether oxygens (including phenoxy) is 1. The van der Waals surface area contributed by atoms with Crippen molar-refractivity contribution >= 4 is 34.3 Å². The maximum atomic E-state index is 13.9. The van der Waals surface area contributed by atoms with Crippen LogP contribution >= 0.6 is 28.3 Å². The van der Waals surface area contributed by atoms with Gasteiger partial charge in [0.1, 0.15) is 11.8 Å². The zero-order valence-corrected chi connectivity index (χ0v) is 14.1. The van der Waals surface area contributed by atoms with Gasteiger partial charge < -0.3 is 15.6 Å². The highest BCUT2D eigenvalue weighted by Crippen LogP contribution is 2.40. The fourth-order valence-corrected chi connectivity index (χ4v) is 2.21. The van der Waals surface area contributed by atoms with Gasteiger partial charge in [-0.15, -0.1) is 12.4 Å². The van der Waals surface area contributed by atoms with Crippen LogP contribution in [0.4, 0.5) is 8.78 Å². The Bertz CT molecular complexity index is 541. The van der Waals surface area contributed by atoms with Gasteiger partial charge in [0.2, 0.25) is 0 Å². The number of benzene rings is 1. The Morgan fingerprint density at radius 2 is 2.05 bits per heavy atom. The number of aryl methyl sites for hydroxylation is 1. The van der Waals surface area contributed by atoms with E-state index in [2.05, 4.69) is 20.7 Å². The lowest BCUT2D eigenvalue weighted by Crippen LogP contribution is -2.42. The summed E-state index contributed by atoms with van der Waals surface area (Å²) in [5.74, 6) is -6.00. The van der Waals surface area contributed by atoms with Crippen LogP contribution in [0.1, 0.15) is 29.7 Å². The van der Waals surface area contributed by atoms with E-state index in [1.807, 2.05) is 0 Å². The molecule has 1 rings (SSSR count). The largest absolute Gasteiger partial charge is 0.508 e. The van der Waals surface area contributed by atoms with E-state index in [4.69, 9.17) is 5.73 Å². The summed E-state index contributed by atoms with van der Waals surface area (Å²) in [6, 6.07) is -0.675. The van der Waals surface area contributed by atoms with E-state index in [9.17, 15) is 18.7 Å². The van der Waals surface area contributed by atoms with Crippen LogP contribution in [0.15, 0.2) is 10.5 Å². The molecule has 0 bridgehead atoms. The Morgan fingerprint density at radius 1 is 1.52 bits per heavy atom. The number of phenols is 1. The minimum absolute atomic E-state index is 0. The summed E-state index contributed by atoms with van der Waals surface area (Å²) in [5.41, 5.74) is 6.35. The van der Waals surface area contributed by atoms with Crippen LogP contribution in [-0.4, -0.2) is 23.6 Å². The van der Waals surface area contributed by atoms with Gasteiger partial charge in [-0.25, -0.2) is 4.79 Å². The van der Waals surface area contributed by atoms with Crippen molar-refractivity contribution in [3.8, 4) is 5.75 Å². The van der Waals surface area contributed by atoms with E-state index in [1.165, 1.54) is 19.9 Å². The molecule has 1 aromatic carbocycles. The first kappa shape index (κ1) is 20.1. The van der Waals surface area contributed by atoms with E-state index in [0.29, 0.717) is 15.6 Å². The van der Waals surface area contributed by atoms with Crippen molar-refractivity contribution < 1.29 is 23.4 Å². The molecule has 0 aliphatic rings. The molecule has 0 saturated carbocycles. The number of aromatic hydroxyl groups is 1. The van der Waals surface area contributed by atoms with Crippen molar-refractivity contribution in [1.82, 2.24) is 0 Å². The van der Waals surface area contributed by atoms with Crippen molar-refractivity contribution in [2.24, 2.45) is 5.73 Å². The molecule has 1 atom stereocenters. The maximum absolute atomic E-state index is 13.9. The number of nitrogens with two attached hydrogens (primary N) is 1. The molecule has 0 saturated heterocycles. The van der Waals surface area contributed by atoms with Crippen LogP contribution in [0.25, 0.3) is 0 Å². The van der Waals surface area contributed by atoms with E-state index in [1.54, 1.807) is 6.92 Å². The SMILES string of the molecule is CCOC(=O)C(F)(F)[C@@H](N)c1c(O)cc(C)c(Br)c1C.Cl. The van der Waals surface area contributed by atoms with Gasteiger partial charge in [0.15, 0.2) is 0 Å². The summed E-state index contributed by atoms with van der Waals surface area (Å²) in [4.78, 5) is 11.3. The molecule has 0 aromatic heterocycles. The first-order chi connectivity index (χ1) is 9.14. The molecule has 0 heterocycles. The molecule has 0 amide bonds. The molecule has 0 radical (unpaired) electrons. The molecule has 0 aliphatic heterocycles. The minimum atomic E-state index is -3.92. The van der Waals surface area contributed by atoms with Crippen molar-refractivity contribution in [2.75, 3.05) is 6.61 Å². The van der Waals surface area contributed by atoms with Crippen molar-refractivity contribution in [1.29, 1.82) is 0 Å². The molecule has 0 unspecified atom stereocenters. The van der Waals surface area contributed by atoms with Gasteiger partial charge in [0, 0.05) is 10.0 Å². The Hall–Kier alpha value is -0.920. The lowest BCUT2D eigenvalue weighted by Gasteiger charge is -2.25. The molecular weight excluding hydrogens is 372 g/mol. The van der Waals surface area contributed by atoms with Crippen LogP contribution in [0, 0.1) is 13.8 Å². The number of phenolic OH excluding ortho intramolecular Hbond substituents is 1. The predicted molar refractivity (Wildman–Crippen MR) is 81.0 cm³/mol. The topological polar surface area (TPSA) is 72.5 Å². The highest BCUT2D eigenvalue weighted by atomic mass is 79.9. The number of esters is 1. The summed E-state index contributed by atoms with van der Waals surface area (Å²) in [6.07, 6.45) is 0. The van der Waals surface area contributed by atoms with Gasteiger partial charge in [0.05, 0.1) is 6.61 Å². The smallest absolute Gasteiger partial charge is 0.379 e. The Kier molecular flexibility index (Phi) is 7.05. The van der Waals surface area contributed by atoms with Gasteiger partial charge in [-0.3, -0.25) is 0 Å². The van der Waals surface area contributed by atoms with Crippen molar-refractivity contribution in [3.63, 3.8) is 0 Å². The van der Waals surface area contributed by atoms with Crippen LogP contribution < -0.4 is 5.73 Å². The lowest BCUT2D eigenvalue weighted by molar-refractivity contribution is -0.174. The van der Waals surface area contributed by atoms with E-state index in [-0.39, 0.29) is 30.3 Å². The maximum Gasteiger partial charge on any atom is 0.379 e. The first-order valence-corrected chi connectivity index (χ1v) is 6.73. The minimum Gasteiger partial charge on any atom is -0.508 e. The number of halogens is 4. The van der Waals surface area contributed by atoms with Gasteiger partial charge in [-0.2, -0.15) is 8.78 Å². The molecule has 4 nitrogen and oxygen atoms in total. The number of rotatable bonds is 4. The molecule has 0 spiro atoms. The number of carbonyl (C=O) groups excluding carboxylic acids is 1. The monoisotopic (exact) mass is 387 g/mol.